The number of imide groups is 1. The number of carbonyl (C=O) groups is 4. The number of nitrogens with one attached hydrogen (secondary N) is 1. The molecule has 1 fully saturated rings. The maximum Gasteiger partial charge on any atom is 0.262 e. The Morgan fingerprint density at radius 3 is 2.16 bits per heavy atom. The monoisotopic (exact) mass is 421 g/mol. The van der Waals surface area contributed by atoms with Gasteiger partial charge in [-0.1, -0.05) is 31.2 Å². The Kier molecular flexibility index (Phi) is 5.81. The first-order valence-corrected chi connectivity index (χ1v) is 10.3. The third kappa shape index (κ3) is 3.82. The Bertz CT molecular complexity index is 1010. The molecule has 160 valence electrons. The van der Waals surface area contributed by atoms with E-state index in [9.17, 15) is 19.2 Å². The van der Waals surface area contributed by atoms with Crippen LogP contribution in [0.3, 0.4) is 0 Å². The van der Waals surface area contributed by atoms with Crippen molar-refractivity contribution in [3.8, 4) is 0 Å². The second-order valence-electron chi connectivity index (χ2n) is 7.39. The van der Waals surface area contributed by atoms with E-state index in [4.69, 9.17) is 4.74 Å². The molecule has 0 aromatic heterocycles. The molecule has 2 aliphatic rings. The Morgan fingerprint density at radius 2 is 1.55 bits per heavy atom. The second-order valence-corrected chi connectivity index (χ2v) is 7.39. The van der Waals surface area contributed by atoms with Crippen molar-refractivity contribution in [1.29, 1.82) is 0 Å². The molecule has 0 radical (unpaired) electrons. The Morgan fingerprint density at radius 1 is 0.968 bits per heavy atom. The van der Waals surface area contributed by atoms with E-state index >= 15 is 0 Å². The fraction of sp³-hybridized carbons (Fsp3) is 0.304. The summed E-state index contributed by atoms with van der Waals surface area (Å²) in [6.45, 7) is 3.63. The van der Waals surface area contributed by atoms with Gasteiger partial charge in [0.2, 0.25) is 5.91 Å². The van der Waals surface area contributed by atoms with Crippen LogP contribution in [0.15, 0.2) is 48.5 Å². The van der Waals surface area contributed by atoms with E-state index in [1.165, 1.54) is 0 Å². The van der Waals surface area contributed by atoms with Gasteiger partial charge in [-0.15, -0.1) is 0 Å². The van der Waals surface area contributed by atoms with Crippen LogP contribution in [0.2, 0.25) is 0 Å². The molecule has 0 unspecified atom stereocenters. The number of carbonyl (C=O) groups excluding carboxylic acids is 4. The van der Waals surface area contributed by atoms with E-state index in [0.717, 1.165) is 4.90 Å². The quantitative estimate of drug-likeness (QED) is 0.747. The fourth-order valence-electron chi connectivity index (χ4n) is 3.91. The molecule has 1 atom stereocenters. The van der Waals surface area contributed by atoms with Gasteiger partial charge < -0.3 is 15.0 Å². The van der Waals surface area contributed by atoms with Crippen molar-refractivity contribution in [3.63, 3.8) is 0 Å². The zero-order valence-corrected chi connectivity index (χ0v) is 17.2. The smallest absolute Gasteiger partial charge is 0.262 e. The second kappa shape index (κ2) is 8.69. The number of benzene rings is 2. The number of fused-ring (bicyclic) bond motifs is 1. The van der Waals surface area contributed by atoms with Gasteiger partial charge in [0.05, 0.1) is 35.6 Å². The lowest BCUT2D eigenvalue weighted by Crippen LogP contribution is -2.47. The van der Waals surface area contributed by atoms with E-state index in [1.807, 2.05) is 0 Å². The number of nitrogens with zero attached hydrogens (tertiary/aromatic N) is 2. The Labute approximate surface area is 179 Å². The van der Waals surface area contributed by atoms with Crippen LogP contribution in [0.5, 0.6) is 0 Å². The molecular weight excluding hydrogens is 398 g/mol. The van der Waals surface area contributed by atoms with Crippen molar-refractivity contribution >= 4 is 29.3 Å². The number of amides is 4. The molecule has 8 heteroatoms. The average Bonchev–Trinajstić information content (AvgIpc) is 3.06. The minimum atomic E-state index is -0.987. The van der Waals surface area contributed by atoms with Gasteiger partial charge in [0.25, 0.3) is 17.7 Å². The van der Waals surface area contributed by atoms with E-state index in [0.29, 0.717) is 48.7 Å². The average molecular weight is 421 g/mol. The molecule has 2 aromatic rings. The first kappa shape index (κ1) is 20.7. The van der Waals surface area contributed by atoms with Gasteiger partial charge in [-0.2, -0.15) is 0 Å². The number of para-hydroxylation sites is 1. The van der Waals surface area contributed by atoms with Gasteiger partial charge in [0.15, 0.2) is 0 Å². The highest BCUT2D eigenvalue weighted by atomic mass is 16.5. The van der Waals surface area contributed by atoms with Crippen molar-refractivity contribution in [2.24, 2.45) is 0 Å². The van der Waals surface area contributed by atoms with Gasteiger partial charge >= 0.3 is 0 Å². The molecule has 2 aliphatic heterocycles. The first-order valence-electron chi connectivity index (χ1n) is 10.3. The van der Waals surface area contributed by atoms with Crippen LogP contribution < -0.4 is 5.32 Å². The zero-order valence-electron chi connectivity index (χ0n) is 17.2. The number of ether oxygens (including phenoxy) is 1. The number of hydrogen-bond donors (Lipinski definition) is 1. The predicted molar refractivity (Wildman–Crippen MR) is 113 cm³/mol. The van der Waals surface area contributed by atoms with Gasteiger partial charge in [0.1, 0.15) is 6.04 Å². The summed E-state index contributed by atoms with van der Waals surface area (Å²) in [5.41, 5.74) is 1.29. The molecule has 0 aliphatic carbocycles. The minimum Gasteiger partial charge on any atom is -0.378 e. The normalized spacial score (nSPS) is 16.8. The van der Waals surface area contributed by atoms with Gasteiger partial charge in [-0.25, -0.2) is 0 Å². The molecule has 1 saturated heterocycles. The summed E-state index contributed by atoms with van der Waals surface area (Å²) in [4.78, 5) is 54.4. The number of hydrogen-bond acceptors (Lipinski definition) is 5. The highest BCUT2D eigenvalue weighted by Crippen LogP contribution is 2.27. The first-order chi connectivity index (χ1) is 15.0. The summed E-state index contributed by atoms with van der Waals surface area (Å²) in [5, 5.41) is 2.76. The lowest BCUT2D eigenvalue weighted by Gasteiger charge is -2.28. The molecule has 31 heavy (non-hydrogen) atoms. The molecule has 8 nitrogen and oxygen atoms in total. The molecule has 2 heterocycles. The van der Waals surface area contributed by atoms with Crippen LogP contribution in [-0.4, -0.2) is 65.8 Å². The van der Waals surface area contributed by atoms with Crippen molar-refractivity contribution in [2.45, 2.75) is 19.4 Å². The third-order valence-electron chi connectivity index (χ3n) is 5.54. The highest BCUT2D eigenvalue weighted by Gasteiger charge is 2.42. The molecule has 4 amide bonds. The van der Waals surface area contributed by atoms with Crippen LogP contribution in [0.1, 0.15) is 44.4 Å². The Balaban J connectivity index is 1.56. The largest absolute Gasteiger partial charge is 0.378 e. The van der Waals surface area contributed by atoms with Gasteiger partial charge in [-0.05, 0) is 30.7 Å². The van der Waals surface area contributed by atoms with E-state index in [2.05, 4.69) is 5.32 Å². The maximum atomic E-state index is 13.1. The van der Waals surface area contributed by atoms with E-state index in [-0.39, 0.29) is 12.3 Å². The SMILES string of the molecule is CC[C@@H](C(=O)Nc1ccccc1C(=O)N1CCOCC1)N1C(=O)c2ccccc2C1=O. The highest BCUT2D eigenvalue weighted by molar-refractivity contribution is 6.23. The molecule has 2 aromatic carbocycles. The summed E-state index contributed by atoms with van der Waals surface area (Å²) in [5.74, 6) is -1.69. The third-order valence-corrected chi connectivity index (χ3v) is 5.54. The van der Waals surface area contributed by atoms with Crippen molar-refractivity contribution < 1.29 is 23.9 Å². The summed E-state index contributed by atoms with van der Waals surface area (Å²) in [6, 6.07) is 12.3. The topological polar surface area (TPSA) is 96.0 Å². The molecule has 4 rings (SSSR count). The number of anilines is 1. The fourth-order valence-corrected chi connectivity index (χ4v) is 3.91. The Hall–Kier alpha value is -3.52. The molecular formula is C23H23N3O5. The van der Waals surface area contributed by atoms with Crippen molar-refractivity contribution in [1.82, 2.24) is 9.80 Å². The van der Waals surface area contributed by atoms with Crippen LogP contribution in [0.25, 0.3) is 0 Å². The standard InChI is InChI=1S/C23H23N3O5/c1-2-19(26-22(29)15-7-3-4-8-16(15)23(26)30)20(27)24-18-10-6-5-9-17(18)21(28)25-11-13-31-14-12-25/h3-10,19H,2,11-14H2,1H3,(H,24,27)/t19-/m0/s1. The molecule has 0 spiro atoms. The van der Waals surface area contributed by atoms with Crippen LogP contribution in [0.4, 0.5) is 5.69 Å². The van der Waals surface area contributed by atoms with Crippen molar-refractivity contribution in [2.75, 3.05) is 31.6 Å². The number of morpholine rings is 1. The van der Waals surface area contributed by atoms with Gasteiger partial charge in [0, 0.05) is 13.1 Å². The van der Waals surface area contributed by atoms with Crippen LogP contribution in [0, 0.1) is 0 Å². The zero-order chi connectivity index (χ0) is 22.0. The van der Waals surface area contributed by atoms with Crippen LogP contribution >= 0.6 is 0 Å². The summed E-state index contributed by atoms with van der Waals surface area (Å²) >= 11 is 0. The van der Waals surface area contributed by atoms with Crippen molar-refractivity contribution in [3.05, 3.63) is 65.2 Å². The lowest BCUT2D eigenvalue weighted by molar-refractivity contribution is -0.120. The summed E-state index contributed by atoms with van der Waals surface area (Å²) in [7, 11) is 0. The van der Waals surface area contributed by atoms with Crippen LogP contribution in [-0.2, 0) is 9.53 Å². The maximum absolute atomic E-state index is 13.1. The predicted octanol–water partition coefficient (Wildman–Crippen LogP) is 2.17. The summed E-state index contributed by atoms with van der Waals surface area (Å²) in [6.07, 6.45) is 0.247. The lowest BCUT2D eigenvalue weighted by atomic mass is 10.1. The van der Waals surface area contributed by atoms with Gasteiger partial charge in [-0.3, -0.25) is 24.1 Å². The molecule has 0 bridgehead atoms. The van der Waals surface area contributed by atoms with E-state index < -0.39 is 23.8 Å². The van der Waals surface area contributed by atoms with E-state index in [1.54, 1.807) is 60.4 Å². The molecule has 0 saturated carbocycles. The number of rotatable bonds is 5. The molecule has 1 N–H and O–H groups in total. The minimum absolute atomic E-state index is 0.201. The summed E-state index contributed by atoms with van der Waals surface area (Å²) < 4.78 is 5.30.